The summed E-state index contributed by atoms with van der Waals surface area (Å²) in [7, 11) is 0. The zero-order valence-corrected chi connectivity index (χ0v) is 12.9. The highest BCUT2D eigenvalue weighted by Crippen LogP contribution is 2.32. The third-order valence-electron chi connectivity index (χ3n) is 3.87. The van der Waals surface area contributed by atoms with Crippen LogP contribution < -0.4 is 10.2 Å². The van der Waals surface area contributed by atoms with Gasteiger partial charge in [0.15, 0.2) is 0 Å². The zero-order chi connectivity index (χ0) is 15.4. The summed E-state index contributed by atoms with van der Waals surface area (Å²) < 4.78 is 0. The molecule has 0 aliphatic carbocycles. The summed E-state index contributed by atoms with van der Waals surface area (Å²) in [6.45, 7) is 8.16. The van der Waals surface area contributed by atoms with Crippen molar-refractivity contribution in [3.8, 4) is 0 Å². The van der Waals surface area contributed by atoms with Crippen LogP contribution in [0.2, 0.25) is 0 Å². The van der Waals surface area contributed by atoms with E-state index in [1.807, 2.05) is 11.8 Å². The minimum atomic E-state index is -0.366. The molecule has 1 aromatic heterocycles. The topological polar surface area (TPSA) is 84.2 Å². The maximum Gasteiger partial charge on any atom is 0.332 e. The molecule has 1 aromatic rings. The number of hydrogen-bond acceptors (Lipinski definition) is 6. The number of nitrogens with zero attached hydrogens (tertiary/aromatic N) is 4. The Morgan fingerprint density at radius 3 is 2.81 bits per heavy atom. The van der Waals surface area contributed by atoms with Gasteiger partial charge in [-0.2, -0.15) is 4.98 Å². The Morgan fingerprint density at radius 2 is 2.14 bits per heavy atom. The van der Waals surface area contributed by atoms with Crippen molar-refractivity contribution in [2.45, 2.75) is 40.0 Å². The minimum absolute atomic E-state index is 0.0335. The van der Waals surface area contributed by atoms with Crippen molar-refractivity contribution in [3.63, 3.8) is 0 Å². The molecule has 2 heterocycles. The lowest BCUT2D eigenvalue weighted by atomic mass is 10.0. The van der Waals surface area contributed by atoms with Crippen molar-refractivity contribution in [1.29, 1.82) is 0 Å². The molecule has 1 saturated heterocycles. The predicted molar refractivity (Wildman–Crippen MR) is 82.8 cm³/mol. The van der Waals surface area contributed by atoms with E-state index in [0.717, 1.165) is 32.4 Å². The molecule has 1 aliphatic heterocycles. The van der Waals surface area contributed by atoms with E-state index in [9.17, 15) is 10.1 Å². The van der Waals surface area contributed by atoms with E-state index in [2.05, 4.69) is 22.2 Å². The van der Waals surface area contributed by atoms with Crippen molar-refractivity contribution >= 4 is 17.5 Å². The SMILES string of the molecule is CCNc1nc(C)c([N+](=O)[O-])c(N2CCCC(C)CC2)n1. The van der Waals surface area contributed by atoms with Gasteiger partial charge in [-0.3, -0.25) is 10.1 Å². The summed E-state index contributed by atoms with van der Waals surface area (Å²) in [5, 5.41) is 14.4. The molecule has 0 bridgehead atoms. The first-order valence-electron chi connectivity index (χ1n) is 7.54. The number of anilines is 2. The van der Waals surface area contributed by atoms with Crippen molar-refractivity contribution in [2.24, 2.45) is 5.92 Å². The lowest BCUT2D eigenvalue weighted by molar-refractivity contribution is -0.385. The molecule has 1 aliphatic rings. The highest BCUT2D eigenvalue weighted by atomic mass is 16.6. The van der Waals surface area contributed by atoms with Crippen LogP contribution in [0.4, 0.5) is 17.5 Å². The van der Waals surface area contributed by atoms with E-state index >= 15 is 0 Å². The molecule has 2 rings (SSSR count). The second-order valence-electron chi connectivity index (χ2n) is 5.62. The molecule has 7 nitrogen and oxygen atoms in total. The molecule has 116 valence electrons. The van der Waals surface area contributed by atoms with Gasteiger partial charge in [0.2, 0.25) is 11.8 Å². The number of rotatable bonds is 4. The fourth-order valence-electron chi connectivity index (χ4n) is 2.70. The summed E-state index contributed by atoms with van der Waals surface area (Å²) in [6, 6.07) is 0. The molecule has 1 N–H and O–H groups in total. The molecule has 7 heteroatoms. The van der Waals surface area contributed by atoms with Crippen LogP contribution in [0.5, 0.6) is 0 Å². The Labute approximate surface area is 124 Å². The molecular weight excluding hydrogens is 270 g/mol. The van der Waals surface area contributed by atoms with Crippen LogP contribution in [0.1, 0.15) is 38.8 Å². The zero-order valence-electron chi connectivity index (χ0n) is 12.9. The van der Waals surface area contributed by atoms with E-state index in [1.54, 1.807) is 6.92 Å². The van der Waals surface area contributed by atoms with Gasteiger partial charge >= 0.3 is 5.69 Å². The van der Waals surface area contributed by atoms with Gasteiger partial charge in [-0.1, -0.05) is 6.92 Å². The lowest BCUT2D eigenvalue weighted by Gasteiger charge is -2.22. The summed E-state index contributed by atoms with van der Waals surface area (Å²) in [4.78, 5) is 21.6. The summed E-state index contributed by atoms with van der Waals surface area (Å²) in [5.41, 5.74) is 0.449. The highest BCUT2D eigenvalue weighted by molar-refractivity contribution is 5.62. The van der Waals surface area contributed by atoms with Crippen LogP contribution in [0.15, 0.2) is 0 Å². The first-order valence-corrected chi connectivity index (χ1v) is 7.54. The Morgan fingerprint density at radius 1 is 1.38 bits per heavy atom. The maximum absolute atomic E-state index is 11.4. The predicted octanol–water partition coefficient (Wildman–Crippen LogP) is 2.75. The molecule has 1 fully saturated rings. The van der Waals surface area contributed by atoms with Gasteiger partial charge in [0, 0.05) is 19.6 Å². The first-order chi connectivity index (χ1) is 10.0. The molecule has 0 amide bonds. The quantitative estimate of drug-likeness (QED) is 0.678. The average Bonchev–Trinajstić information content (AvgIpc) is 2.62. The molecule has 0 spiro atoms. The summed E-state index contributed by atoms with van der Waals surface area (Å²) >= 11 is 0. The molecule has 1 atom stereocenters. The monoisotopic (exact) mass is 293 g/mol. The fraction of sp³-hybridized carbons (Fsp3) is 0.714. The first kappa shape index (κ1) is 15.5. The molecule has 0 aromatic carbocycles. The number of nitro groups is 1. The van der Waals surface area contributed by atoms with Crippen LogP contribution in [0, 0.1) is 23.0 Å². The minimum Gasteiger partial charge on any atom is -0.354 e. The number of hydrogen-bond donors (Lipinski definition) is 1. The number of aromatic nitrogens is 2. The van der Waals surface area contributed by atoms with E-state index in [1.165, 1.54) is 0 Å². The van der Waals surface area contributed by atoms with Gasteiger partial charge in [-0.15, -0.1) is 0 Å². The van der Waals surface area contributed by atoms with Crippen LogP contribution in [0.25, 0.3) is 0 Å². The van der Waals surface area contributed by atoms with Crippen molar-refractivity contribution in [3.05, 3.63) is 15.8 Å². The van der Waals surface area contributed by atoms with E-state index in [4.69, 9.17) is 0 Å². The lowest BCUT2D eigenvalue weighted by Crippen LogP contribution is -2.27. The second-order valence-corrected chi connectivity index (χ2v) is 5.62. The smallest absolute Gasteiger partial charge is 0.332 e. The average molecular weight is 293 g/mol. The Kier molecular flexibility index (Phi) is 4.93. The van der Waals surface area contributed by atoms with Crippen LogP contribution >= 0.6 is 0 Å². The molecule has 1 unspecified atom stereocenters. The van der Waals surface area contributed by atoms with Gasteiger partial charge in [0.1, 0.15) is 5.69 Å². The normalized spacial score (nSPS) is 19.2. The largest absolute Gasteiger partial charge is 0.354 e. The Bertz CT molecular complexity index is 520. The number of nitrogens with one attached hydrogen (secondary N) is 1. The number of aryl methyl sites for hydroxylation is 1. The van der Waals surface area contributed by atoms with Gasteiger partial charge in [0.25, 0.3) is 0 Å². The molecule has 0 saturated carbocycles. The highest BCUT2D eigenvalue weighted by Gasteiger charge is 2.27. The van der Waals surface area contributed by atoms with Crippen LogP contribution in [-0.2, 0) is 0 Å². The Hall–Kier alpha value is -1.92. The summed E-state index contributed by atoms with van der Waals surface area (Å²) in [6.07, 6.45) is 3.24. The molecule has 0 radical (unpaired) electrons. The third-order valence-corrected chi connectivity index (χ3v) is 3.87. The van der Waals surface area contributed by atoms with E-state index in [0.29, 0.717) is 29.9 Å². The summed E-state index contributed by atoms with van der Waals surface area (Å²) in [5.74, 6) is 1.58. The van der Waals surface area contributed by atoms with E-state index in [-0.39, 0.29) is 10.6 Å². The fourth-order valence-corrected chi connectivity index (χ4v) is 2.70. The van der Waals surface area contributed by atoms with Gasteiger partial charge in [-0.05, 0) is 39.0 Å². The van der Waals surface area contributed by atoms with Gasteiger partial charge < -0.3 is 10.2 Å². The Balaban J connectivity index is 2.40. The molecule has 21 heavy (non-hydrogen) atoms. The second kappa shape index (κ2) is 6.69. The van der Waals surface area contributed by atoms with Crippen LogP contribution in [0.3, 0.4) is 0 Å². The van der Waals surface area contributed by atoms with Gasteiger partial charge in [-0.25, -0.2) is 4.98 Å². The van der Waals surface area contributed by atoms with Crippen molar-refractivity contribution < 1.29 is 4.92 Å². The molecular formula is C14H23N5O2. The van der Waals surface area contributed by atoms with Crippen molar-refractivity contribution in [1.82, 2.24) is 9.97 Å². The van der Waals surface area contributed by atoms with Crippen LogP contribution in [-0.4, -0.2) is 34.5 Å². The maximum atomic E-state index is 11.4. The van der Waals surface area contributed by atoms with Gasteiger partial charge in [0.05, 0.1) is 4.92 Å². The standard InChI is InChI=1S/C14H23N5O2/c1-4-15-14-16-11(3)12(19(20)21)13(17-14)18-8-5-6-10(2)7-9-18/h10H,4-9H2,1-3H3,(H,15,16,17). The third kappa shape index (κ3) is 3.59. The van der Waals surface area contributed by atoms with Crippen molar-refractivity contribution in [2.75, 3.05) is 29.9 Å². The van der Waals surface area contributed by atoms with E-state index < -0.39 is 0 Å².